The molecule has 1 N–H and O–H groups in total. The fraction of sp³-hybridized carbons (Fsp3) is 0.167. The van der Waals surface area contributed by atoms with Gasteiger partial charge < -0.3 is 9.15 Å². The molecule has 0 aliphatic rings. The van der Waals surface area contributed by atoms with Gasteiger partial charge in [-0.1, -0.05) is 85.6 Å². The smallest absolute Gasteiger partial charge is 0.293 e. The van der Waals surface area contributed by atoms with Gasteiger partial charge in [0.2, 0.25) is 5.95 Å². The van der Waals surface area contributed by atoms with Crippen LogP contribution in [0.15, 0.2) is 95.7 Å². The molecule has 2 aromatic heterocycles. The summed E-state index contributed by atoms with van der Waals surface area (Å²) in [6.45, 7) is 4.96. The highest BCUT2D eigenvalue weighted by Gasteiger charge is 2.22. The number of hydrogen-bond donors (Lipinski definition) is 1. The number of anilines is 1. The summed E-state index contributed by atoms with van der Waals surface area (Å²) in [6.07, 6.45) is 1.51. The number of amides is 1. The molecule has 2 heterocycles. The fourth-order valence-corrected chi connectivity index (χ4v) is 4.61. The van der Waals surface area contributed by atoms with Gasteiger partial charge in [-0.3, -0.25) is 10.1 Å². The quantitative estimate of drug-likeness (QED) is 0.203. The van der Waals surface area contributed by atoms with Crippen molar-refractivity contribution in [1.29, 1.82) is 0 Å². The summed E-state index contributed by atoms with van der Waals surface area (Å²) >= 11 is 12.2. The van der Waals surface area contributed by atoms with Gasteiger partial charge in [0.05, 0.1) is 6.54 Å². The SMILES string of the molecule is CC(C)(c1ccccc1)c1ccc(OCc2ccc(C(=O)Nc3ncn(Cc4ccc(Cl)cc4Cl)n3)o2)cc1. The first-order valence-electron chi connectivity index (χ1n) is 12.3. The van der Waals surface area contributed by atoms with Crippen LogP contribution in [-0.4, -0.2) is 20.7 Å². The number of benzene rings is 3. The second-order valence-corrected chi connectivity index (χ2v) is 10.4. The van der Waals surface area contributed by atoms with E-state index >= 15 is 0 Å². The largest absolute Gasteiger partial charge is 0.486 e. The molecule has 0 saturated heterocycles. The molecule has 1 amide bonds. The minimum absolute atomic E-state index is 0.128. The third kappa shape index (κ3) is 6.33. The Morgan fingerprint density at radius 1 is 0.974 bits per heavy atom. The number of carbonyl (C=O) groups excluding carboxylic acids is 1. The maximum absolute atomic E-state index is 12.6. The van der Waals surface area contributed by atoms with Gasteiger partial charge in [-0.25, -0.2) is 9.67 Å². The molecule has 0 saturated carbocycles. The van der Waals surface area contributed by atoms with Crippen molar-refractivity contribution >= 4 is 35.1 Å². The average molecular weight is 561 g/mol. The van der Waals surface area contributed by atoms with E-state index in [0.717, 1.165) is 5.56 Å². The Morgan fingerprint density at radius 3 is 2.46 bits per heavy atom. The second kappa shape index (κ2) is 11.4. The third-order valence-electron chi connectivity index (χ3n) is 6.45. The second-order valence-electron chi connectivity index (χ2n) is 9.53. The molecule has 0 bridgehead atoms. The molecule has 0 aliphatic carbocycles. The molecule has 0 atom stereocenters. The molecule has 39 heavy (non-hydrogen) atoms. The molecule has 0 unspecified atom stereocenters. The summed E-state index contributed by atoms with van der Waals surface area (Å²) in [5.41, 5.74) is 3.13. The molecule has 0 fully saturated rings. The Bertz CT molecular complexity index is 1580. The zero-order chi connectivity index (χ0) is 27.4. The minimum atomic E-state index is -0.462. The van der Waals surface area contributed by atoms with Gasteiger partial charge in [0.15, 0.2) is 5.76 Å². The maximum atomic E-state index is 12.6. The van der Waals surface area contributed by atoms with Crippen LogP contribution in [0, 0.1) is 0 Å². The first-order valence-corrected chi connectivity index (χ1v) is 13.1. The molecule has 5 rings (SSSR count). The standard InChI is InChI=1S/C30H26Cl2N4O3/c1-30(2,21-6-4-3-5-7-21)22-9-12-24(13-10-22)38-18-25-14-15-27(39-25)28(37)34-29-33-19-36(35-29)17-20-8-11-23(31)16-26(20)32/h3-16,19H,17-18H2,1-2H3,(H,34,35,37). The number of rotatable bonds is 9. The third-order valence-corrected chi connectivity index (χ3v) is 7.03. The lowest BCUT2D eigenvalue weighted by molar-refractivity contribution is 0.0991. The number of ether oxygens (including phenoxy) is 1. The summed E-state index contributed by atoms with van der Waals surface area (Å²) in [6, 6.07) is 26.9. The Kier molecular flexibility index (Phi) is 7.72. The van der Waals surface area contributed by atoms with Gasteiger partial charge >= 0.3 is 0 Å². The molecule has 198 valence electrons. The predicted octanol–water partition coefficient (Wildman–Crippen LogP) is 7.38. The Hall–Kier alpha value is -4.07. The fourth-order valence-electron chi connectivity index (χ4n) is 4.14. The summed E-state index contributed by atoms with van der Waals surface area (Å²) in [5.74, 6) is 1.05. The Labute approximate surface area is 236 Å². The van der Waals surface area contributed by atoms with Gasteiger partial charge in [-0.05, 0) is 53.1 Å². The summed E-state index contributed by atoms with van der Waals surface area (Å²) < 4.78 is 13.1. The molecule has 7 nitrogen and oxygen atoms in total. The number of aromatic nitrogens is 3. The molecule has 5 aromatic rings. The van der Waals surface area contributed by atoms with Crippen LogP contribution in [0.2, 0.25) is 10.0 Å². The summed E-state index contributed by atoms with van der Waals surface area (Å²) in [5, 5.41) is 8.00. The number of halogens is 2. The first-order chi connectivity index (χ1) is 18.8. The molecule has 9 heteroatoms. The van der Waals surface area contributed by atoms with E-state index in [1.807, 2.05) is 24.3 Å². The van der Waals surface area contributed by atoms with Crippen molar-refractivity contribution in [2.24, 2.45) is 0 Å². The summed E-state index contributed by atoms with van der Waals surface area (Å²) in [7, 11) is 0. The zero-order valence-corrected chi connectivity index (χ0v) is 22.9. The molecular formula is C30H26Cl2N4O3. The highest BCUT2D eigenvalue weighted by atomic mass is 35.5. The van der Waals surface area contributed by atoms with E-state index in [9.17, 15) is 4.79 Å². The van der Waals surface area contributed by atoms with Crippen LogP contribution in [0.1, 0.15) is 46.9 Å². The van der Waals surface area contributed by atoms with Crippen LogP contribution >= 0.6 is 23.2 Å². The van der Waals surface area contributed by atoms with Gasteiger partial charge in [0.25, 0.3) is 5.91 Å². The molecule has 3 aromatic carbocycles. The Morgan fingerprint density at radius 2 is 1.72 bits per heavy atom. The first kappa shape index (κ1) is 26.5. The van der Waals surface area contributed by atoms with Crippen molar-refractivity contribution in [3.05, 3.63) is 130 Å². The number of nitrogens with one attached hydrogen (secondary N) is 1. The lowest BCUT2D eigenvalue weighted by Gasteiger charge is -2.26. The number of nitrogens with zero attached hydrogens (tertiary/aromatic N) is 3. The maximum Gasteiger partial charge on any atom is 0.293 e. The van der Waals surface area contributed by atoms with Crippen molar-refractivity contribution in [1.82, 2.24) is 14.8 Å². The van der Waals surface area contributed by atoms with Gasteiger partial charge in [-0.2, -0.15) is 0 Å². The predicted molar refractivity (Wildman–Crippen MR) is 152 cm³/mol. The lowest BCUT2D eigenvalue weighted by atomic mass is 9.78. The van der Waals surface area contributed by atoms with Crippen molar-refractivity contribution in [2.75, 3.05) is 5.32 Å². The number of carbonyl (C=O) groups is 1. The monoisotopic (exact) mass is 560 g/mol. The lowest BCUT2D eigenvalue weighted by Crippen LogP contribution is -2.18. The van der Waals surface area contributed by atoms with Crippen molar-refractivity contribution in [3.63, 3.8) is 0 Å². The van der Waals surface area contributed by atoms with Crippen LogP contribution in [0.3, 0.4) is 0 Å². The van der Waals surface area contributed by atoms with Gasteiger partial charge in [0.1, 0.15) is 24.4 Å². The van der Waals surface area contributed by atoms with Crippen LogP contribution in [-0.2, 0) is 18.6 Å². The van der Waals surface area contributed by atoms with Crippen molar-refractivity contribution in [2.45, 2.75) is 32.4 Å². The zero-order valence-electron chi connectivity index (χ0n) is 21.4. The van der Waals surface area contributed by atoms with Crippen LogP contribution in [0.25, 0.3) is 0 Å². The van der Waals surface area contributed by atoms with Crippen molar-refractivity contribution in [3.8, 4) is 5.75 Å². The van der Waals surface area contributed by atoms with E-state index < -0.39 is 5.91 Å². The minimum Gasteiger partial charge on any atom is -0.486 e. The van der Waals surface area contributed by atoms with E-state index in [0.29, 0.717) is 28.1 Å². The molecule has 0 spiro atoms. The molecular weight excluding hydrogens is 535 g/mol. The Balaban J connectivity index is 1.15. The highest BCUT2D eigenvalue weighted by Crippen LogP contribution is 2.32. The number of hydrogen-bond acceptors (Lipinski definition) is 5. The van der Waals surface area contributed by atoms with E-state index in [-0.39, 0.29) is 23.7 Å². The van der Waals surface area contributed by atoms with Crippen LogP contribution in [0.4, 0.5) is 5.95 Å². The normalized spacial score (nSPS) is 11.4. The molecule has 0 radical (unpaired) electrons. The van der Waals surface area contributed by atoms with E-state index in [4.69, 9.17) is 32.4 Å². The average Bonchev–Trinajstić information content (AvgIpc) is 3.59. The van der Waals surface area contributed by atoms with Crippen LogP contribution < -0.4 is 10.1 Å². The van der Waals surface area contributed by atoms with E-state index in [2.05, 4.69) is 65.6 Å². The summed E-state index contributed by atoms with van der Waals surface area (Å²) in [4.78, 5) is 16.8. The van der Waals surface area contributed by atoms with E-state index in [1.54, 1.807) is 28.9 Å². The van der Waals surface area contributed by atoms with Gasteiger partial charge in [0, 0.05) is 15.5 Å². The van der Waals surface area contributed by atoms with Crippen LogP contribution in [0.5, 0.6) is 5.75 Å². The van der Waals surface area contributed by atoms with Crippen molar-refractivity contribution < 1.29 is 13.9 Å². The number of furan rings is 1. The molecule has 0 aliphatic heterocycles. The van der Waals surface area contributed by atoms with Gasteiger partial charge in [-0.15, -0.1) is 5.10 Å². The highest BCUT2D eigenvalue weighted by molar-refractivity contribution is 6.35. The topological polar surface area (TPSA) is 82.2 Å². The van der Waals surface area contributed by atoms with E-state index in [1.165, 1.54) is 17.5 Å².